The van der Waals surface area contributed by atoms with Crippen molar-refractivity contribution in [3.8, 4) is 11.5 Å². The van der Waals surface area contributed by atoms with Crippen molar-refractivity contribution < 1.29 is 19.1 Å². The Kier molecular flexibility index (Phi) is 4.71. The topological polar surface area (TPSA) is 59.1 Å². The molecule has 0 aliphatic carbocycles. The van der Waals surface area contributed by atoms with E-state index in [0.29, 0.717) is 43.9 Å². The molecule has 2 heterocycles. The quantitative estimate of drug-likeness (QED) is 0.836. The lowest BCUT2D eigenvalue weighted by Gasteiger charge is -2.35. The average molecular weight is 366 g/mol. The molecule has 2 aliphatic rings. The van der Waals surface area contributed by atoms with E-state index >= 15 is 0 Å². The Morgan fingerprint density at radius 2 is 1.67 bits per heavy atom. The number of amides is 2. The second-order valence-corrected chi connectivity index (χ2v) is 6.91. The summed E-state index contributed by atoms with van der Waals surface area (Å²) >= 11 is 0. The number of carbonyl (C=O) groups is 2. The molecule has 140 valence electrons. The molecule has 27 heavy (non-hydrogen) atoms. The predicted octanol–water partition coefficient (Wildman–Crippen LogP) is 2.25. The molecule has 0 unspecified atom stereocenters. The number of carbonyl (C=O) groups excluding carboxylic acids is 2. The normalized spacial score (nSPS) is 15.7. The lowest BCUT2D eigenvalue weighted by atomic mass is 10.1. The minimum atomic E-state index is 0.0292. The Morgan fingerprint density at radius 1 is 0.926 bits per heavy atom. The Labute approximate surface area is 158 Å². The number of ether oxygens (including phenoxy) is 2. The highest BCUT2D eigenvalue weighted by atomic mass is 16.7. The van der Waals surface area contributed by atoms with Gasteiger partial charge in [-0.05, 0) is 36.8 Å². The molecule has 2 aromatic rings. The summed E-state index contributed by atoms with van der Waals surface area (Å²) in [6.45, 7) is 4.42. The maximum absolute atomic E-state index is 12.6. The largest absolute Gasteiger partial charge is 0.454 e. The van der Waals surface area contributed by atoms with Crippen molar-refractivity contribution in [3.05, 3.63) is 59.2 Å². The van der Waals surface area contributed by atoms with Gasteiger partial charge in [-0.1, -0.05) is 23.8 Å². The Morgan fingerprint density at radius 3 is 2.44 bits per heavy atom. The van der Waals surface area contributed by atoms with E-state index in [0.717, 1.165) is 16.9 Å². The first-order valence-electron chi connectivity index (χ1n) is 9.12. The van der Waals surface area contributed by atoms with Gasteiger partial charge in [0, 0.05) is 31.7 Å². The summed E-state index contributed by atoms with van der Waals surface area (Å²) in [6, 6.07) is 13.2. The molecule has 0 aromatic heterocycles. The highest BCUT2D eigenvalue weighted by molar-refractivity contribution is 5.94. The molecule has 2 aliphatic heterocycles. The first-order chi connectivity index (χ1) is 13.1. The summed E-state index contributed by atoms with van der Waals surface area (Å²) in [7, 11) is 0. The van der Waals surface area contributed by atoms with E-state index in [2.05, 4.69) is 0 Å². The second-order valence-electron chi connectivity index (χ2n) is 6.91. The molecule has 0 saturated carbocycles. The van der Waals surface area contributed by atoms with Crippen LogP contribution < -0.4 is 9.47 Å². The molecule has 0 N–H and O–H groups in total. The minimum Gasteiger partial charge on any atom is -0.454 e. The number of aryl methyl sites for hydroxylation is 1. The Balaban J connectivity index is 1.33. The van der Waals surface area contributed by atoms with Crippen LogP contribution in [-0.2, 0) is 11.2 Å². The van der Waals surface area contributed by atoms with Gasteiger partial charge >= 0.3 is 0 Å². The molecule has 2 aromatic carbocycles. The number of benzene rings is 2. The van der Waals surface area contributed by atoms with Crippen LogP contribution in [0.4, 0.5) is 0 Å². The number of hydrogen-bond donors (Lipinski definition) is 0. The van der Waals surface area contributed by atoms with Crippen LogP contribution in [0.1, 0.15) is 21.5 Å². The molecule has 2 amide bonds. The zero-order chi connectivity index (χ0) is 18.8. The van der Waals surface area contributed by atoms with Crippen molar-refractivity contribution in [1.82, 2.24) is 9.80 Å². The molecular weight excluding hydrogens is 344 g/mol. The van der Waals surface area contributed by atoms with Gasteiger partial charge in [0.05, 0.1) is 6.42 Å². The van der Waals surface area contributed by atoms with Crippen molar-refractivity contribution in [2.75, 3.05) is 33.0 Å². The zero-order valence-electron chi connectivity index (χ0n) is 15.3. The molecule has 0 spiro atoms. The molecule has 6 heteroatoms. The Hall–Kier alpha value is -3.02. The summed E-state index contributed by atoms with van der Waals surface area (Å²) in [6.07, 6.45) is 0.322. The molecule has 0 bridgehead atoms. The van der Waals surface area contributed by atoms with Crippen LogP contribution in [0.15, 0.2) is 42.5 Å². The third kappa shape index (κ3) is 3.74. The van der Waals surface area contributed by atoms with Gasteiger partial charge in [-0.2, -0.15) is 0 Å². The van der Waals surface area contributed by atoms with E-state index in [1.807, 2.05) is 59.2 Å². The Bertz CT molecular complexity index is 872. The standard InChI is InChI=1S/C21H22N2O4/c1-15-3-2-4-17(11-15)21(25)23-9-7-22(8-10-23)20(24)13-16-5-6-18-19(12-16)27-14-26-18/h2-6,11-12H,7-10,13-14H2,1H3. The fourth-order valence-corrected chi connectivity index (χ4v) is 3.46. The van der Waals surface area contributed by atoms with Crippen LogP contribution in [0.2, 0.25) is 0 Å². The summed E-state index contributed by atoms with van der Waals surface area (Å²) in [5, 5.41) is 0. The van der Waals surface area contributed by atoms with Gasteiger partial charge in [0.2, 0.25) is 12.7 Å². The molecule has 1 saturated heterocycles. The lowest BCUT2D eigenvalue weighted by Crippen LogP contribution is -2.51. The van der Waals surface area contributed by atoms with E-state index in [1.54, 1.807) is 0 Å². The maximum Gasteiger partial charge on any atom is 0.253 e. The number of hydrogen-bond acceptors (Lipinski definition) is 4. The van der Waals surface area contributed by atoms with Gasteiger partial charge in [-0.25, -0.2) is 0 Å². The van der Waals surface area contributed by atoms with Crippen LogP contribution in [0.3, 0.4) is 0 Å². The predicted molar refractivity (Wildman–Crippen MR) is 99.9 cm³/mol. The summed E-state index contributed by atoms with van der Waals surface area (Å²) < 4.78 is 10.7. The number of rotatable bonds is 3. The van der Waals surface area contributed by atoms with Crippen molar-refractivity contribution in [1.29, 1.82) is 0 Å². The first-order valence-corrected chi connectivity index (χ1v) is 9.12. The van der Waals surface area contributed by atoms with Gasteiger partial charge in [0.1, 0.15) is 0 Å². The monoisotopic (exact) mass is 366 g/mol. The van der Waals surface area contributed by atoms with Crippen LogP contribution in [0.5, 0.6) is 11.5 Å². The number of piperazine rings is 1. The van der Waals surface area contributed by atoms with Crippen LogP contribution in [-0.4, -0.2) is 54.6 Å². The van der Waals surface area contributed by atoms with Crippen LogP contribution >= 0.6 is 0 Å². The van der Waals surface area contributed by atoms with E-state index in [-0.39, 0.29) is 18.6 Å². The van der Waals surface area contributed by atoms with Crippen molar-refractivity contribution in [2.24, 2.45) is 0 Å². The van der Waals surface area contributed by atoms with Gasteiger partial charge in [0.15, 0.2) is 11.5 Å². The van der Waals surface area contributed by atoms with Gasteiger partial charge in [-0.15, -0.1) is 0 Å². The van der Waals surface area contributed by atoms with Crippen molar-refractivity contribution in [2.45, 2.75) is 13.3 Å². The van der Waals surface area contributed by atoms with Crippen molar-refractivity contribution >= 4 is 11.8 Å². The number of nitrogens with zero attached hydrogens (tertiary/aromatic N) is 2. The van der Waals surface area contributed by atoms with Crippen molar-refractivity contribution in [3.63, 3.8) is 0 Å². The minimum absolute atomic E-state index is 0.0292. The third-order valence-electron chi connectivity index (χ3n) is 4.98. The summed E-state index contributed by atoms with van der Waals surface area (Å²) in [5.41, 5.74) is 2.68. The molecular formula is C21H22N2O4. The highest BCUT2D eigenvalue weighted by Crippen LogP contribution is 2.32. The lowest BCUT2D eigenvalue weighted by molar-refractivity contribution is -0.131. The number of fused-ring (bicyclic) bond motifs is 1. The van der Waals surface area contributed by atoms with Crippen LogP contribution in [0, 0.1) is 6.92 Å². The molecule has 0 radical (unpaired) electrons. The fourth-order valence-electron chi connectivity index (χ4n) is 3.46. The highest BCUT2D eigenvalue weighted by Gasteiger charge is 2.25. The molecule has 1 fully saturated rings. The third-order valence-corrected chi connectivity index (χ3v) is 4.98. The summed E-state index contributed by atoms with van der Waals surface area (Å²) in [4.78, 5) is 28.9. The maximum atomic E-state index is 12.6. The SMILES string of the molecule is Cc1cccc(C(=O)N2CCN(C(=O)Cc3ccc4c(c3)OCO4)CC2)c1. The van der Waals surface area contributed by atoms with Gasteiger partial charge in [-0.3, -0.25) is 9.59 Å². The molecule has 6 nitrogen and oxygen atoms in total. The average Bonchev–Trinajstić information content (AvgIpc) is 3.15. The van der Waals surface area contributed by atoms with E-state index in [4.69, 9.17) is 9.47 Å². The van der Waals surface area contributed by atoms with Gasteiger partial charge in [0.25, 0.3) is 5.91 Å². The van der Waals surface area contributed by atoms with E-state index in [9.17, 15) is 9.59 Å². The first kappa shape index (κ1) is 17.4. The van der Waals surface area contributed by atoms with E-state index in [1.165, 1.54) is 0 Å². The zero-order valence-corrected chi connectivity index (χ0v) is 15.3. The fraction of sp³-hybridized carbons (Fsp3) is 0.333. The second kappa shape index (κ2) is 7.31. The molecule has 4 rings (SSSR count). The van der Waals surface area contributed by atoms with E-state index < -0.39 is 0 Å². The summed E-state index contributed by atoms with van der Waals surface area (Å²) in [5.74, 6) is 1.50. The van der Waals surface area contributed by atoms with Crippen LogP contribution in [0.25, 0.3) is 0 Å². The smallest absolute Gasteiger partial charge is 0.253 e. The van der Waals surface area contributed by atoms with Gasteiger partial charge < -0.3 is 19.3 Å². The molecule has 0 atom stereocenters.